The van der Waals surface area contributed by atoms with Crippen molar-refractivity contribution in [2.24, 2.45) is 0 Å². The second-order valence-electron chi connectivity index (χ2n) is 9.83. The summed E-state index contributed by atoms with van der Waals surface area (Å²) < 4.78 is 66.0. The van der Waals surface area contributed by atoms with Crippen molar-refractivity contribution in [2.75, 3.05) is 57.0 Å². The fraction of sp³-hybridized carbons (Fsp3) is 0.423. The minimum Gasteiger partial charge on any atom is -0.462 e. The number of likely N-dealkylation sites (tertiary alicyclic amines) is 1. The molecular weight excluding hydrogens is 534 g/mol. The van der Waals surface area contributed by atoms with Gasteiger partial charge in [0.1, 0.15) is 23.8 Å². The number of benzene rings is 2. The Morgan fingerprint density at radius 3 is 2.64 bits per heavy atom. The Morgan fingerprint density at radius 2 is 1.92 bits per heavy atom. The van der Waals surface area contributed by atoms with E-state index >= 15 is 4.39 Å². The zero-order valence-corrected chi connectivity index (χ0v) is 22.0. The van der Waals surface area contributed by atoms with Gasteiger partial charge in [-0.15, -0.1) is 0 Å². The lowest BCUT2D eigenvalue weighted by molar-refractivity contribution is 0.152. The van der Waals surface area contributed by atoms with Gasteiger partial charge in [0.05, 0.1) is 10.2 Å². The number of alkyl halides is 2. The molecule has 13 heteroatoms. The number of halogens is 4. The van der Waals surface area contributed by atoms with Gasteiger partial charge < -0.3 is 25.6 Å². The maximum Gasteiger partial charge on any atom is 0.319 e. The third-order valence-electron chi connectivity index (χ3n) is 7.43. The summed E-state index contributed by atoms with van der Waals surface area (Å²) in [6.45, 7) is 3.72. The summed E-state index contributed by atoms with van der Waals surface area (Å²) >= 11 is 0.873. The number of fused-ring (bicyclic) bond motifs is 2. The molecule has 0 saturated carbocycles. The molecule has 2 aromatic carbocycles. The van der Waals surface area contributed by atoms with E-state index < -0.39 is 23.6 Å². The van der Waals surface area contributed by atoms with Crippen LogP contribution in [0.3, 0.4) is 0 Å². The van der Waals surface area contributed by atoms with Crippen LogP contribution in [-0.4, -0.2) is 72.3 Å². The maximum atomic E-state index is 16.5. The highest BCUT2D eigenvalue weighted by molar-refractivity contribution is 7.22. The lowest BCUT2D eigenvalue weighted by Gasteiger charge is -2.30. The number of nitrogens with zero attached hydrogens (tertiary/aromatic N) is 5. The highest BCUT2D eigenvalue weighted by Gasteiger charge is 2.29. The number of nitrogen functional groups attached to an aromatic ring is 1. The SMILES string of the molecule is CN1CCC[C@H]1COc1nc(N2CCNCC2)c2cc(C(F)F)c(-c3ccc(F)c4sc(N)nc34)c(F)c2n1. The number of nitrogens with one attached hydrogen (secondary N) is 1. The minimum absolute atomic E-state index is 0.0198. The van der Waals surface area contributed by atoms with E-state index in [2.05, 4.69) is 25.2 Å². The van der Waals surface area contributed by atoms with Gasteiger partial charge >= 0.3 is 6.01 Å². The summed E-state index contributed by atoms with van der Waals surface area (Å²) in [5.41, 5.74) is 4.75. The number of anilines is 2. The first kappa shape index (κ1) is 26.0. The van der Waals surface area contributed by atoms with Crippen molar-refractivity contribution in [2.45, 2.75) is 25.3 Å². The summed E-state index contributed by atoms with van der Waals surface area (Å²) in [4.78, 5) is 17.2. The number of hydrogen-bond donors (Lipinski definition) is 2. The zero-order chi connectivity index (χ0) is 27.3. The smallest absolute Gasteiger partial charge is 0.319 e. The molecule has 2 aromatic heterocycles. The molecule has 0 bridgehead atoms. The van der Waals surface area contributed by atoms with E-state index in [0.29, 0.717) is 38.6 Å². The topological polar surface area (TPSA) is 92.4 Å². The molecule has 0 amide bonds. The summed E-state index contributed by atoms with van der Waals surface area (Å²) in [5, 5.41) is 3.46. The average Bonchev–Trinajstić information content (AvgIpc) is 3.53. The first-order chi connectivity index (χ1) is 18.8. The fourth-order valence-electron chi connectivity index (χ4n) is 5.39. The van der Waals surface area contributed by atoms with Crippen molar-refractivity contribution in [3.8, 4) is 17.1 Å². The Labute approximate surface area is 225 Å². The third kappa shape index (κ3) is 4.72. The Bertz CT molecular complexity index is 1540. The molecule has 3 N–H and O–H groups in total. The molecule has 2 aliphatic rings. The van der Waals surface area contributed by atoms with E-state index in [9.17, 15) is 13.2 Å². The average molecular weight is 562 g/mol. The molecule has 0 radical (unpaired) electrons. The van der Waals surface area contributed by atoms with Gasteiger partial charge in [-0.1, -0.05) is 11.3 Å². The van der Waals surface area contributed by atoms with Crippen molar-refractivity contribution < 1.29 is 22.3 Å². The summed E-state index contributed by atoms with van der Waals surface area (Å²) in [7, 11) is 2.01. The summed E-state index contributed by atoms with van der Waals surface area (Å²) in [6, 6.07) is 3.74. The highest BCUT2D eigenvalue weighted by Crippen LogP contribution is 2.43. The second-order valence-corrected chi connectivity index (χ2v) is 10.9. The van der Waals surface area contributed by atoms with E-state index in [0.717, 1.165) is 36.8 Å². The molecule has 2 fully saturated rings. The molecule has 206 valence electrons. The van der Waals surface area contributed by atoms with Crippen LogP contribution in [0.1, 0.15) is 24.8 Å². The van der Waals surface area contributed by atoms with Crippen molar-refractivity contribution in [3.05, 3.63) is 35.4 Å². The number of ether oxygens (including phenoxy) is 1. The van der Waals surface area contributed by atoms with Gasteiger partial charge in [0.15, 0.2) is 10.9 Å². The molecule has 1 atom stereocenters. The standard InChI is InChI=1S/C26H27F4N7OS/c1-36-8-2-3-13(36)12-38-26-34-20-16(24(35-26)37-9-6-32-7-10-37)11-15(23(29)30)18(19(20)28)14-4-5-17(27)22-21(14)33-25(31)39-22/h4-5,11,13,23,32H,2-3,6-10,12H2,1H3,(H2,31,33)/t13-/m0/s1. The monoisotopic (exact) mass is 561 g/mol. The number of aromatic nitrogens is 3. The molecule has 39 heavy (non-hydrogen) atoms. The third-order valence-corrected chi connectivity index (χ3v) is 8.32. The molecule has 0 aliphatic carbocycles. The van der Waals surface area contributed by atoms with E-state index in [1.54, 1.807) is 0 Å². The molecule has 0 unspecified atom stereocenters. The van der Waals surface area contributed by atoms with Crippen LogP contribution in [0.25, 0.3) is 32.2 Å². The number of hydrogen-bond acceptors (Lipinski definition) is 9. The van der Waals surface area contributed by atoms with Crippen LogP contribution < -0.4 is 20.7 Å². The molecule has 4 heterocycles. The molecule has 4 aromatic rings. The second kappa shape index (κ2) is 10.4. The number of piperazine rings is 1. The number of thiazole rings is 1. The van der Waals surface area contributed by atoms with E-state index in [-0.39, 0.29) is 49.4 Å². The number of likely N-dealkylation sites (N-methyl/N-ethyl adjacent to an activating group) is 1. The van der Waals surface area contributed by atoms with Gasteiger partial charge in [0.25, 0.3) is 6.43 Å². The molecule has 0 spiro atoms. The van der Waals surface area contributed by atoms with Gasteiger partial charge in [-0.25, -0.2) is 22.5 Å². The van der Waals surface area contributed by atoms with Crippen molar-refractivity contribution in [1.29, 1.82) is 0 Å². The van der Waals surface area contributed by atoms with Gasteiger partial charge in [-0.2, -0.15) is 9.97 Å². The lowest BCUT2D eigenvalue weighted by Crippen LogP contribution is -2.44. The predicted molar refractivity (Wildman–Crippen MR) is 144 cm³/mol. The van der Waals surface area contributed by atoms with Crippen LogP contribution in [0, 0.1) is 11.6 Å². The van der Waals surface area contributed by atoms with Gasteiger partial charge in [-0.05, 0) is 44.6 Å². The number of nitrogens with two attached hydrogens (primary N) is 1. The summed E-state index contributed by atoms with van der Waals surface area (Å²) in [6.07, 6.45) is -1.02. The van der Waals surface area contributed by atoms with Crippen LogP contribution >= 0.6 is 11.3 Å². The van der Waals surface area contributed by atoms with Crippen molar-refractivity contribution >= 4 is 43.4 Å². The quantitative estimate of drug-likeness (QED) is 0.331. The van der Waals surface area contributed by atoms with Crippen LogP contribution in [0.4, 0.5) is 28.5 Å². The summed E-state index contributed by atoms with van der Waals surface area (Å²) in [5.74, 6) is -1.24. The first-order valence-electron chi connectivity index (χ1n) is 12.8. The normalized spacial score (nSPS) is 18.6. The zero-order valence-electron chi connectivity index (χ0n) is 21.2. The van der Waals surface area contributed by atoms with Gasteiger partial charge in [0.2, 0.25) is 0 Å². The molecule has 8 nitrogen and oxygen atoms in total. The maximum absolute atomic E-state index is 16.5. The lowest BCUT2D eigenvalue weighted by atomic mass is 9.95. The minimum atomic E-state index is -3.03. The van der Waals surface area contributed by atoms with E-state index in [4.69, 9.17) is 10.5 Å². The van der Waals surface area contributed by atoms with Crippen molar-refractivity contribution in [3.63, 3.8) is 0 Å². The Kier molecular flexibility index (Phi) is 6.89. The molecule has 2 saturated heterocycles. The Morgan fingerprint density at radius 1 is 1.13 bits per heavy atom. The molecule has 6 rings (SSSR count). The number of rotatable bonds is 6. The van der Waals surface area contributed by atoms with Gasteiger partial charge in [0, 0.05) is 54.3 Å². The molecule has 2 aliphatic heterocycles. The van der Waals surface area contributed by atoms with Crippen LogP contribution in [0.15, 0.2) is 18.2 Å². The van der Waals surface area contributed by atoms with Crippen molar-refractivity contribution in [1.82, 2.24) is 25.2 Å². The van der Waals surface area contributed by atoms with Crippen LogP contribution in [0.2, 0.25) is 0 Å². The van der Waals surface area contributed by atoms with Crippen LogP contribution in [0.5, 0.6) is 6.01 Å². The molecular formula is C26H27F4N7OS. The highest BCUT2D eigenvalue weighted by atomic mass is 32.1. The first-order valence-corrected chi connectivity index (χ1v) is 13.6. The van der Waals surface area contributed by atoms with E-state index in [1.807, 2.05) is 11.9 Å². The predicted octanol–water partition coefficient (Wildman–Crippen LogP) is 4.59. The Balaban J connectivity index is 1.56. The van der Waals surface area contributed by atoms with Gasteiger partial charge in [-0.3, -0.25) is 0 Å². The largest absolute Gasteiger partial charge is 0.462 e. The van der Waals surface area contributed by atoms with Crippen LogP contribution in [-0.2, 0) is 0 Å². The van der Waals surface area contributed by atoms with E-state index in [1.165, 1.54) is 12.1 Å². The Hall–Kier alpha value is -3.29. The fourth-order valence-corrected chi connectivity index (χ4v) is 6.16.